The molecule has 7 heteroatoms. The Morgan fingerprint density at radius 2 is 2.00 bits per heavy atom. The van der Waals surface area contributed by atoms with Crippen LogP contribution >= 0.6 is 0 Å². The average molecular weight is 266 g/mol. The third kappa shape index (κ3) is 4.30. The van der Waals surface area contributed by atoms with Gasteiger partial charge in [0.2, 0.25) is 0 Å². The summed E-state index contributed by atoms with van der Waals surface area (Å²) in [5, 5.41) is 10.8. The van der Waals surface area contributed by atoms with Gasteiger partial charge in [0.15, 0.2) is 6.61 Å². The number of carbonyl (C=O) groups excluding carboxylic acids is 2. The molecule has 1 rings (SSSR count). The number of aliphatic carboxylic acids is 1. The first-order valence-corrected chi connectivity index (χ1v) is 5.45. The van der Waals surface area contributed by atoms with E-state index in [2.05, 4.69) is 5.32 Å². The summed E-state index contributed by atoms with van der Waals surface area (Å²) in [6.07, 6.45) is 0. The van der Waals surface area contributed by atoms with Gasteiger partial charge in [-0.3, -0.25) is 14.4 Å². The first-order valence-electron chi connectivity index (χ1n) is 5.45. The van der Waals surface area contributed by atoms with Crippen molar-refractivity contribution in [3.05, 3.63) is 29.8 Å². The van der Waals surface area contributed by atoms with Crippen LogP contribution in [0.3, 0.4) is 0 Å². The number of carboxylic acid groups (broad SMARTS) is 1. The Labute approximate surface area is 109 Å². The summed E-state index contributed by atoms with van der Waals surface area (Å²) < 4.78 is 5.14. The van der Waals surface area contributed by atoms with E-state index >= 15 is 0 Å². The summed E-state index contributed by atoms with van der Waals surface area (Å²) in [6, 6.07) is 5.19. The number of hydrogen-bond donors (Lipinski definition) is 3. The first kappa shape index (κ1) is 14.5. The minimum absolute atomic E-state index is 0.154. The SMILES string of the molecule is C[C@H](NC(=O)COc1ccccc1C(N)=O)C(=O)O. The van der Waals surface area contributed by atoms with Crippen LogP contribution in [0.15, 0.2) is 24.3 Å². The molecule has 0 radical (unpaired) electrons. The Morgan fingerprint density at radius 3 is 2.58 bits per heavy atom. The highest BCUT2D eigenvalue weighted by Gasteiger charge is 2.15. The highest BCUT2D eigenvalue weighted by Crippen LogP contribution is 2.16. The van der Waals surface area contributed by atoms with E-state index in [1.54, 1.807) is 12.1 Å². The van der Waals surface area contributed by atoms with Crippen molar-refractivity contribution in [1.82, 2.24) is 5.32 Å². The third-order valence-electron chi connectivity index (χ3n) is 2.26. The van der Waals surface area contributed by atoms with Gasteiger partial charge in [-0.1, -0.05) is 12.1 Å². The van der Waals surface area contributed by atoms with Gasteiger partial charge in [-0.05, 0) is 19.1 Å². The summed E-state index contributed by atoms with van der Waals surface area (Å²) in [6.45, 7) is 0.930. The Kier molecular flexibility index (Phi) is 4.87. The molecular formula is C12H14N2O5. The lowest BCUT2D eigenvalue weighted by atomic mass is 10.2. The topological polar surface area (TPSA) is 119 Å². The van der Waals surface area contributed by atoms with Crippen molar-refractivity contribution in [2.75, 3.05) is 6.61 Å². The highest BCUT2D eigenvalue weighted by molar-refractivity contribution is 5.95. The molecule has 0 spiro atoms. The van der Waals surface area contributed by atoms with Gasteiger partial charge in [-0.15, -0.1) is 0 Å². The van der Waals surface area contributed by atoms with Crippen molar-refractivity contribution in [2.45, 2.75) is 13.0 Å². The fourth-order valence-corrected chi connectivity index (χ4v) is 1.28. The number of nitrogens with two attached hydrogens (primary N) is 1. The zero-order valence-electron chi connectivity index (χ0n) is 10.3. The molecule has 0 aliphatic rings. The molecule has 2 amide bonds. The Balaban J connectivity index is 2.60. The van der Waals surface area contributed by atoms with E-state index in [1.807, 2.05) is 0 Å². The largest absolute Gasteiger partial charge is 0.483 e. The molecule has 1 aromatic carbocycles. The van der Waals surface area contributed by atoms with Gasteiger partial charge in [0.1, 0.15) is 11.8 Å². The number of carboxylic acids is 1. The number of ether oxygens (including phenoxy) is 1. The standard InChI is InChI=1S/C12H14N2O5/c1-7(12(17)18)14-10(15)6-19-9-5-3-2-4-8(9)11(13)16/h2-5,7H,6H2,1H3,(H2,13,16)(H,14,15)(H,17,18)/t7-/m0/s1. The number of carbonyl (C=O) groups is 3. The second-order valence-corrected chi connectivity index (χ2v) is 3.78. The van der Waals surface area contributed by atoms with Crippen LogP contribution in [0.4, 0.5) is 0 Å². The molecule has 1 atom stereocenters. The van der Waals surface area contributed by atoms with Gasteiger partial charge in [0.05, 0.1) is 5.56 Å². The molecule has 0 saturated heterocycles. The number of rotatable bonds is 6. The number of para-hydroxylation sites is 1. The lowest BCUT2D eigenvalue weighted by Gasteiger charge is -2.11. The van der Waals surface area contributed by atoms with Gasteiger partial charge < -0.3 is 20.9 Å². The first-order chi connectivity index (χ1) is 8.91. The van der Waals surface area contributed by atoms with Gasteiger partial charge in [-0.25, -0.2) is 0 Å². The fraction of sp³-hybridized carbons (Fsp3) is 0.250. The maximum absolute atomic E-state index is 11.4. The molecule has 0 bridgehead atoms. The third-order valence-corrected chi connectivity index (χ3v) is 2.26. The van der Waals surface area contributed by atoms with E-state index in [0.717, 1.165) is 0 Å². The molecule has 4 N–H and O–H groups in total. The van der Waals surface area contributed by atoms with Gasteiger partial charge >= 0.3 is 5.97 Å². The molecule has 7 nitrogen and oxygen atoms in total. The van der Waals surface area contributed by atoms with Gasteiger partial charge in [-0.2, -0.15) is 0 Å². The monoisotopic (exact) mass is 266 g/mol. The minimum Gasteiger partial charge on any atom is -0.483 e. The van der Waals surface area contributed by atoms with E-state index < -0.39 is 30.4 Å². The second-order valence-electron chi connectivity index (χ2n) is 3.78. The quantitative estimate of drug-likeness (QED) is 0.656. The summed E-state index contributed by atoms with van der Waals surface area (Å²) in [4.78, 5) is 33.0. The summed E-state index contributed by atoms with van der Waals surface area (Å²) in [7, 11) is 0. The van der Waals surface area contributed by atoms with Crippen molar-refractivity contribution < 1.29 is 24.2 Å². The van der Waals surface area contributed by atoms with Crippen LogP contribution in [0, 0.1) is 0 Å². The number of benzene rings is 1. The highest BCUT2D eigenvalue weighted by atomic mass is 16.5. The Hall–Kier alpha value is -2.57. The van der Waals surface area contributed by atoms with Crippen molar-refractivity contribution in [3.63, 3.8) is 0 Å². The van der Waals surface area contributed by atoms with Crippen molar-refractivity contribution in [1.29, 1.82) is 0 Å². The zero-order chi connectivity index (χ0) is 14.4. The van der Waals surface area contributed by atoms with Crippen molar-refractivity contribution in [2.24, 2.45) is 5.73 Å². The van der Waals surface area contributed by atoms with Crippen LogP contribution in [0.25, 0.3) is 0 Å². The summed E-state index contributed by atoms with van der Waals surface area (Å²) in [5.74, 6) is -2.25. The van der Waals surface area contributed by atoms with E-state index in [0.29, 0.717) is 0 Å². The van der Waals surface area contributed by atoms with Crippen LogP contribution in [-0.2, 0) is 9.59 Å². The van der Waals surface area contributed by atoms with Crippen LogP contribution in [0.2, 0.25) is 0 Å². The second kappa shape index (κ2) is 6.39. The molecule has 102 valence electrons. The normalized spacial score (nSPS) is 11.4. The van der Waals surface area contributed by atoms with Gasteiger partial charge in [0, 0.05) is 0 Å². The zero-order valence-corrected chi connectivity index (χ0v) is 10.3. The Bertz CT molecular complexity index is 501. The minimum atomic E-state index is -1.15. The average Bonchev–Trinajstić information content (AvgIpc) is 2.36. The summed E-state index contributed by atoms with van der Waals surface area (Å²) >= 11 is 0. The smallest absolute Gasteiger partial charge is 0.325 e. The number of amides is 2. The summed E-state index contributed by atoms with van der Waals surface area (Å²) in [5.41, 5.74) is 5.30. The molecule has 0 aliphatic carbocycles. The molecular weight excluding hydrogens is 252 g/mol. The maximum Gasteiger partial charge on any atom is 0.325 e. The molecule has 1 aromatic rings. The molecule has 0 aliphatic heterocycles. The number of primary amides is 1. The fourth-order valence-electron chi connectivity index (χ4n) is 1.28. The van der Waals surface area contributed by atoms with Gasteiger partial charge in [0.25, 0.3) is 11.8 Å². The maximum atomic E-state index is 11.4. The van der Waals surface area contributed by atoms with Crippen molar-refractivity contribution in [3.8, 4) is 5.75 Å². The van der Waals surface area contributed by atoms with Crippen LogP contribution in [0.1, 0.15) is 17.3 Å². The van der Waals surface area contributed by atoms with Crippen LogP contribution in [-0.4, -0.2) is 35.5 Å². The van der Waals surface area contributed by atoms with Crippen LogP contribution in [0.5, 0.6) is 5.75 Å². The lowest BCUT2D eigenvalue weighted by Crippen LogP contribution is -2.40. The molecule has 0 heterocycles. The molecule has 0 saturated carbocycles. The molecule has 0 unspecified atom stereocenters. The predicted octanol–water partition coefficient (Wildman–Crippen LogP) is -0.246. The predicted molar refractivity (Wildman–Crippen MR) is 65.7 cm³/mol. The number of nitrogens with one attached hydrogen (secondary N) is 1. The van der Waals surface area contributed by atoms with E-state index in [9.17, 15) is 14.4 Å². The van der Waals surface area contributed by atoms with Crippen molar-refractivity contribution >= 4 is 17.8 Å². The molecule has 19 heavy (non-hydrogen) atoms. The molecule has 0 fully saturated rings. The van der Waals surface area contributed by atoms with E-state index in [1.165, 1.54) is 19.1 Å². The lowest BCUT2D eigenvalue weighted by molar-refractivity contribution is -0.141. The van der Waals surface area contributed by atoms with E-state index in [-0.39, 0.29) is 11.3 Å². The number of hydrogen-bond acceptors (Lipinski definition) is 4. The Morgan fingerprint density at radius 1 is 1.37 bits per heavy atom. The van der Waals surface area contributed by atoms with E-state index in [4.69, 9.17) is 15.6 Å². The molecule has 0 aromatic heterocycles. The van der Waals surface area contributed by atoms with Crippen LogP contribution < -0.4 is 15.8 Å².